The van der Waals surface area contributed by atoms with Gasteiger partial charge in [0, 0.05) is 17.5 Å². The number of amides is 1. The molecule has 0 atom stereocenters. The van der Waals surface area contributed by atoms with Gasteiger partial charge in [0.2, 0.25) is 0 Å². The molecule has 0 radical (unpaired) electrons. The van der Waals surface area contributed by atoms with Gasteiger partial charge in [0.1, 0.15) is 12.4 Å². The van der Waals surface area contributed by atoms with Crippen molar-refractivity contribution in [3.63, 3.8) is 0 Å². The van der Waals surface area contributed by atoms with Crippen LogP contribution in [-0.2, 0) is 0 Å². The molecule has 0 saturated heterocycles. The molecule has 140 valence electrons. The summed E-state index contributed by atoms with van der Waals surface area (Å²) in [4.78, 5) is 18.1. The van der Waals surface area contributed by atoms with Crippen molar-refractivity contribution in [1.29, 1.82) is 0 Å². The predicted molar refractivity (Wildman–Crippen MR) is 94.8 cm³/mol. The summed E-state index contributed by atoms with van der Waals surface area (Å²) in [5, 5.41) is 0.467. The van der Waals surface area contributed by atoms with E-state index in [1.807, 2.05) is 0 Å². The normalized spacial score (nSPS) is 11.6. The van der Waals surface area contributed by atoms with E-state index in [0.29, 0.717) is 22.2 Å². The number of hydrogen-bond donors (Lipinski definition) is 0. The Hall–Kier alpha value is -2.96. The van der Waals surface area contributed by atoms with Crippen LogP contribution in [0, 0.1) is 5.82 Å². The first-order valence-corrected chi connectivity index (χ1v) is 8.30. The summed E-state index contributed by atoms with van der Waals surface area (Å²) in [6.07, 6.45) is -4.49. The first-order valence-electron chi connectivity index (χ1n) is 8.30. The van der Waals surface area contributed by atoms with Crippen LogP contribution in [0.4, 0.5) is 17.6 Å². The number of aromatic nitrogens is 1. The molecule has 3 nitrogen and oxygen atoms in total. The minimum Gasteiger partial charge on any atom is -0.330 e. The van der Waals surface area contributed by atoms with Gasteiger partial charge in [-0.25, -0.2) is 9.37 Å². The van der Waals surface area contributed by atoms with Gasteiger partial charge in [0.05, 0.1) is 16.8 Å². The van der Waals surface area contributed by atoms with E-state index in [9.17, 15) is 22.4 Å². The number of benzene rings is 2. The molecule has 0 saturated carbocycles. The number of rotatable bonds is 4. The second-order valence-electron chi connectivity index (χ2n) is 6.01. The Balaban J connectivity index is 2.13. The van der Waals surface area contributed by atoms with Crippen LogP contribution in [0.5, 0.6) is 0 Å². The van der Waals surface area contributed by atoms with Gasteiger partial charge in [-0.2, -0.15) is 13.2 Å². The summed E-state index contributed by atoms with van der Waals surface area (Å²) >= 11 is 0. The summed E-state index contributed by atoms with van der Waals surface area (Å²) in [7, 11) is 0. The number of hydrogen-bond acceptors (Lipinski definition) is 2. The third-order valence-corrected chi connectivity index (χ3v) is 4.13. The van der Waals surface area contributed by atoms with Gasteiger partial charge in [0.15, 0.2) is 0 Å². The lowest BCUT2D eigenvalue weighted by Gasteiger charge is -2.23. The van der Waals surface area contributed by atoms with Crippen LogP contribution in [0.2, 0.25) is 0 Å². The maximum absolute atomic E-state index is 13.2. The Kier molecular flexibility index (Phi) is 5.12. The molecule has 1 heterocycles. The van der Waals surface area contributed by atoms with Crippen LogP contribution < -0.4 is 0 Å². The number of nitrogens with zero attached hydrogens (tertiary/aromatic N) is 2. The fraction of sp³-hybridized carbons (Fsp3) is 0.200. The first-order chi connectivity index (χ1) is 12.8. The molecule has 0 N–H and O–H groups in total. The average molecular weight is 376 g/mol. The molecule has 0 spiro atoms. The third kappa shape index (κ3) is 4.24. The van der Waals surface area contributed by atoms with E-state index in [4.69, 9.17) is 0 Å². The van der Waals surface area contributed by atoms with Crippen LogP contribution in [0.1, 0.15) is 17.3 Å². The summed E-state index contributed by atoms with van der Waals surface area (Å²) in [6, 6.07) is 13.7. The second-order valence-corrected chi connectivity index (χ2v) is 6.01. The van der Waals surface area contributed by atoms with E-state index in [-0.39, 0.29) is 12.1 Å². The zero-order valence-corrected chi connectivity index (χ0v) is 14.4. The van der Waals surface area contributed by atoms with Gasteiger partial charge in [-0.05, 0) is 43.3 Å². The zero-order valence-electron chi connectivity index (χ0n) is 14.4. The second kappa shape index (κ2) is 7.34. The van der Waals surface area contributed by atoms with Gasteiger partial charge < -0.3 is 4.90 Å². The van der Waals surface area contributed by atoms with Crippen LogP contribution in [0.25, 0.3) is 22.2 Å². The van der Waals surface area contributed by atoms with Crippen molar-refractivity contribution in [2.75, 3.05) is 13.1 Å². The van der Waals surface area contributed by atoms with E-state index < -0.39 is 24.4 Å². The van der Waals surface area contributed by atoms with Gasteiger partial charge in [-0.3, -0.25) is 4.79 Å². The minimum absolute atomic E-state index is 0.0825. The molecule has 0 fully saturated rings. The van der Waals surface area contributed by atoms with Crippen molar-refractivity contribution in [3.8, 4) is 11.3 Å². The van der Waals surface area contributed by atoms with E-state index in [1.54, 1.807) is 24.3 Å². The number of carbonyl (C=O) groups is 1. The zero-order chi connectivity index (χ0) is 19.6. The summed E-state index contributed by atoms with van der Waals surface area (Å²) in [5.74, 6) is -1.14. The van der Waals surface area contributed by atoms with Crippen LogP contribution in [0.15, 0.2) is 54.6 Å². The molecule has 0 bridgehead atoms. The SMILES string of the molecule is CCN(CC(F)(F)F)C(=O)c1cc(-c2ccc(F)cc2)nc2ccccc12. The van der Waals surface area contributed by atoms with Crippen molar-refractivity contribution in [3.05, 3.63) is 66.0 Å². The van der Waals surface area contributed by atoms with Crippen molar-refractivity contribution in [2.45, 2.75) is 13.1 Å². The van der Waals surface area contributed by atoms with Gasteiger partial charge in [-0.15, -0.1) is 0 Å². The Morgan fingerprint density at radius 1 is 1.07 bits per heavy atom. The van der Waals surface area contributed by atoms with Crippen LogP contribution >= 0.6 is 0 Å². The molecule has 3 aromatic rings. The molecule has 27 heavy (non-hydrogen) atoms. The first kappa shape index (κ1) is 18.8. The quantitative estimate of drug-likeness (QED) is 0.596. The molecule has 0 aliphatic carbocycles. The fourth-order valence-electron chi connectivity index (χ4n) is 2.83. The lowest BCUT2D eigenvalue weighted by molar-refractivity contribution is -0.140. The maximum Gasteiger partial charge on any atom is 0.406 e. The topological polar surface area (TPSA) is 33.2 Å². The number of carbonyl (C=O) groups excluding carboxylic acids is 1. The summed E-state index contributed by atoms with van der Waals surface area (Å²) in [6.45, 7) is 0.0830. The van der Waals surface area contributed by atoms with E-state index in [1.165, 1.54) is 37.3 Å². The van der Waals surface area contributed by atoms with Crippen molar-refractivity contribution in [1.82, 2.24) is 9.88 Å². The van der Waals surface area contributed by atoms with Gasteiger partial charge in [0.25, 0.3) is 5.91 Å². The molecule has 0 aliphatic rings. The maximum atomic E-state index is 13.2. The minimum atomic E-state index is -4.49. The summed E-state index contributed by atoms with van der Waals surface area (Å²) in [5.41, 5.74) is 1.56. The molecule has 2 aromatic carbocycles. The molecule has 3 rings (SSSR count). The highest BCUT2D eigenvalue weighted by Gasteiger charge is 2.33. The predicted octanol–water partition coefficient (Wildman–Crippen LogP) is 5.07. The van der Waals surface area contributed by atoms with Gasteiger partial charge in [-0.1, -0.05) is 18.2 Å². The lowest BCUT2D eigenvalue weighted by Crippen LogP contribution is -2.38. The van der Waals surface area contributed by atoms with E-state index >= 15 is 0 Å². The largest absolute Gasteiger partial charge is 0.406 e. The molecule has 0 aliphatic heterocycles. The Morgan fingerprint density at radius 3 is 2.37 bits per heavy atom. The molecule has 1 amide bonds. The highest BCUT2D eigenvalue weighted by Crippen LogP contribution is 2.27. The number of halogens is 4. The molecule has 1 aromatic heterocycles. The number of pyridine rings is 1. The molecular formula is C20H16F4N2O. The van der Waals surface area contributed by atoms with Crippen molar-refractivity contribution in [2.24, 2.45) is 0 Å². The average Bonchev–Trinajstić information content (AvgIpc) is 2.64. The van der Waals surface area contributed by atoms with E-state index in [2.05, 4.69) is 4.98 Å². The Labute approximate surface area is 153 Å². The van der Waals surface area contributed by atoms with Crippen molar-refractivity contribution < 1.29 is 22.4 Å². The highest BCUT2D eigenvalue weighted by molar-refractivity contribution is 6.07. The monoisotopic (exact) mass is 376 g/mol. The standard InChI is InChI=1S/C20H16F4N2O/c1-2-26(12-20(22,23)24)19(27)16-11-18(13-7-9-14(21)10-8-13)25-17-6-4-3-5-15(16)17/h3-11H,2,12H2,1H3. The number of para-hydroxylation sites is 1. The Bertz CT molecular complexity index is 968. The molecular weight excluding hydrogens is 360 g/mol. The van der Waals surface area contributed by atoms with Crippen LogP contribution in [-0.4, -0.2) is 35.1 Å². The van der Waals surface area contributed by atoms with Crippen molar-refractivity contribution >= 4 is 16.8 Å². The lowest BCUT2D eigenvalue weighted by atomic mass is 10.0. The molecule has 7 heteroatoms. The smallest absolute Gasteiger partial charge is 0.330 e. The fourth-order valence-corrected chi connectivity index (χ4v) is 2.83. The third-order valence-electron chi connectivity index (χ3n) is 4.13. The highest BCUT2D eigenvalue weighted by atomic mass is 19.4. The summed E-state index contributed by atoms with van der Waals surface area (Å²) < 4.78 is 51.7. The van der Waals surface area contributed by atoms with E-state index in [0.717, 1.165) is 4.90 Å². The number of alkyl halides is 3. The number of fused-ring (bicyclic) bond motifs is 1. The molecule has 0 unspecified atom stereocenters. The Morgan fingerprint density at radius 2 is 1.74 bits per heavy atom. The van der Waals surface area contributed by atoms with Gasteiger partial charge >= 0.3 is 6.18 Å². The van der Waals surface area contributed by atoms with Crippen LogP contribution in [0.3, 0.4) is 0 Å².